The molecule has 0 aliphatic rings. The van der Waals surface area contributed by atoms with E-state index in [2.05, 4.69) is 24.3 Å². The second-order valence-corrected chi connectivity index (χ2v) is 4.72. The van der Waals surface area contributed by atoms with E-state index in [0.29, 0.717) is 6.42 Å². The van der Waals surface area contributed by atoms with Gasteiger partial charge < -0.3 is 16.3 Å². The van der Waals surface area contributed by atoms with Gasteiger partial charge in [0, 0.05) is 23.5 Å². The summed E-state index contributed by atoms with van der Waals surface area (Å²) in [5, 5.41) is 15.8. The van der Waals surface area contributed by atoms with Crippen molar-refractivity contribution in [1.82, 2.24) is 5.32 Å². The van der Waals surface area contributed by atoms with Gasteiger partial charge in [0.15, 0.2) is 0 Å². The first-order chi connectivity index (χ1) is 8.58. The van der Waals surface area contributed by atoms with Crippen molar-refractivity contribution in [3.05, 3.63) is 34.9 Å². The van der Waals surface area contributed by atoms with Crippen LogP contribution in [0, 0.1) is 0 Å². The maximum Gasteiger partial charge on any atom is 0.140 e. The van der Waals surface area contributed by atoms with E-state index >= 15 is 0 Å². The standard InChI is InChI=1S/C13H20ClN3O/c1-3-10(8-13(15)17-18)16-9(2)11-6-4-5-7-12(11)14/h4-7,9-10,16,18H,3,8H2,1-2H3,(H2,15,17)/t9-,10?/m0/s1. The Morgan fingerprint density at radius 3 is 2.72 bits per heavy atom. The minimum Gasteiger partial charge on any atom is -0.409 e. The molecule has 0 fully saturated rings. The third-order valence-corrected chi connectivity index (χ3v) is 3.28. The van der Waals surface area contributed by atoms with Crippen LogP contribution in [0.3, 0.4) is 0 Å². The molecular formula is C13H20ClN3O. The summed E-state index contributed by atoms with van der Waals surface area (Å²) in [6.07, 6.45) is 1.41. The molecule has 0 saturated heterocycles. The zero-order chi connectivity index (χ0) is 13.5. The topological polar surface area (TPSA) is 70.6 Å². The summed E-state index contributed by atoms with van der Waals surface area (Å²) in [4.78, 5) is 0. The van der Waals surface area contributed by atoms with E-state index in [4.69, 9.17) is 22.5 Å². The van der Waals surface area contributed by atoms with E-state index < -0.39 is 0 Å². The molecule has 0 saturated carbocycles. The molecule has 0 spiro atoms. The van der Waals surface area contributed by atoms with Gasteiger partial charge >= 0.3 is 0 Å². The highest BCUT2D eigenvalue weighted by atomic mass is 35.5. The van der Waals surface area contributed by atoms with Gasteiger partial charge in [-0.2, -0.15) is 0 Å². The maximum atomic E-state index is 8.59. The Balaban J connectivity index is 2.68. The van der Waals surface area contributed by atoms with Crippen LogP contribution in [0.2, 0.25) is 5.02 Å². The van der Waals surface area contributed by atoms with Crippen LogP contribution in [0.15, 0.2) is 29.4 Å². The fourth-order valence-corrected chi connectivity index (χ4v) is 2.18. The van der Waals surface area contributed by atoms with Crippen molar-refractivity contribution >= 4 is 17.4 Å². The molecule has 0 aromatic heterocycles. The molecule has 5 heteroatoms. The molecule has 0 radical (unpaired) electrons. The lowest BCUT2D eigenvalue weighted by Crippen LogP contribution is -2.35. The molecule has 1 rings (SSSR count). The van der Waals surface area contributed by atoms with E-state index in [0.717, 1.165) is 17.0 Å². The molecule has 0 aliphatic heterocycles. The summed E-state index contributed by atoms with van der Waals surface area (Å²) in [7, 11) is 0. The monoisotopic (exact) mass is 269 g/mol. The molecule has 4 nitrogen and oxygen atoms in total. The largest absolute Gasteiger partial charge is 0.409 e. The van der Waals surface area contributed by atoms with Crippen molar-refractivity contribution < 1.29 is 5.21 Å². The van der Waals surface area contributed by atoms with Gasteiger partial charge in [-0.25, -0.2) is 0 Å². The second kappa shape index (κ2) is 7.24. The molecule has 4 N–H and O–H groups in total. The Morgan fingerprint density at radius 1 is 1.50 bits per heavy atom. The van der Waals surface area contributed by atoms with Crippen LogP contribution in [-0.2, 0) is 0 Å². The fourth-order valence-electron chi connectivity index (χ4n) is 1.88. The van der Waals surface area contributed by atoms with E-state index in [9.17, 15) is 0 Å². The van der Waals surface area contributed by atoms with E-state index in [-0.39, 0.29) is 17.9 Å². The SMILES string of the molecule is CCC(C/C(N)=N/O)N[C@@H](C)c1ccccc1Cl. The molecule has 2 atom stereocenters. The highest BCUT2D eigenvalue weighted by Crippen LogP contribution is 2.23. The predicted octanol–water partition coefficient (Wildman–Crippen LogP) is 2.91. The van der Waals surface area contributed by atoms with E-state index in [1.807, 2.05) is 24.3 Å². The summed E-state index contributed by atoms with van der Waals surface area (Å²) in [6, 6.07) is 8.02. The zero-order valence-electron chi connectivity index (χ0n) is 10.7. The lowest BCUT2D eigenvalue weighted by Gasteiger charge is -2.22. The minimum absolute atomic E-state index is 0.121. The van der Waals surface area contributed by atoms with Gasteiger partial charge in [0.2, 0.25) is 0 Å². The molecule has 0 bridgehead atoms. The van der Waals surface area contributed by atoms with Gasteiger partial charge in [-0.3, -0.25) is 0 Å². The minimum atomic E-state index is 0.121. The zero-order valence-corrected chi connectivity index (χ0v) is 11.5. The Morgan fingerprint density at radius 2 is 2.17 bits per heavy atom. The number of oxime groups is 1. The predicted molar refractivity (Wildman–Crippen MR) is 75.1 cm³/mol. The van der Waals surface area contributed by atoms with Crippen LogP contribution in [0.4, 0.5) is 0 Å². The third kappa shape index (κ3) is 4.20. The average Bonchev–Trinajstić information content (AvgIpc) is 2.38. The number of halogens is 1. The third-order valence-electron chi connectivity index (χ3n) is 2.93. The Labute approximate surface area is 113 Å². The normalized spacial score (nSPS) is 15.4. The maximum absolute atomic E-state index is 8.59. The first kappa shape index (κ1) is 14.8. The van der Waals surface area contributed by atoms with Crippen LogP contribution in [0.1, 0.15) is 38.3 Å². The first-order valence-electron chi connectivity index (χ1n) is 6.05. The fraction of sp³-hybridized carbons (Fsp3) is 0.462. The van der Waals surface area contributed by atoms with Crippen molar-refractivity contribution in [3.8, 4) is 0 Å². The lowest BCUT2D eigenvalue weighted by atomic mass is 10.0. The summed E-state index contributed by atoms with van der Waals surface area (Å²) in [5.41, 5.74) is 6.58. The second-order valence-electron chi connectivity index (χ2n) is 4.31. The Bertz CT molecular complexity index is 409. The highest BCUT2D eigenvalue weighted by molar-refractivity contribution is 6.31. The summed E-state index contributed by atoms with van der Waals surface area (Å²) >= 11 is 6.15. The van der Waals surface area contributed by atoms with Crippen molar-refractivity contribution in [3.63, 3.8) is 0 Å². The van der Waals surface area contributed by atoms with Gasteiger partial charge in [0.25, 0.3) is 0 Å². The summed E-state index contributed by atoms with van der Waals surface area (Å²) in [6.45, 7) is 4.11. The molecule has 100 valence electrons. The number of amidine groups is 1. The highest BCUT2D eigenvalue weighted by Gasteiger charge is 2.15. The van der Waals surface area contributed by atoms with Crippen LogP contribution in [0.25, 0.3) is 0 Å². The van der Waals surface area contributed by atoms with E-state index in [1.54, 1.807) is 0 Å². The van der Waals surface area contributed by atoms with Gasteiger partial charge in [0.1, 0.15) is 5.84 Å². The lowest BCUT2D eigenvalue weighted by molar-refractivity contribution is 0.315. The van der Waals surface area contributed by atoms with Crippen molar-refractivity contribution in [2.75, 3.05) is 0 Å². The molecule has 1 unspecified atom stereocenters. The number of benzene rings is 1. The number of nitrogens with zero attached hydrogens (tertiary/aromatic N) is 1. The number of hydrogen-bond donors (Lipinski definition) is 3. The quantitative estimate of drug-likeness (QED) is 0.322. The van der Waals surface area contributed by atoms with Gasteiger partial charge in [-0.05, 0) is 25.0 Å². The molecule has 1 aromatic rings. The smallest absolute Gasteiger partial charge is 0.140 e. The average molecular weight is 270 g/mol. The Hall–Kier alpha value is -1.26. The van der Waals surface area contributed by atoms with Gasteiger partial charge in [0.05, 0.1) is 0 Å². The number of hydrogen-bond acceptors (Lipinski definition) is 3. The molecular weight excluding hydrogens is 250 g/mol. The van der Waals surface area contributed by atoms with E-state index in [1.165, 1.54) is 0 Å². The van der Waals surface area contributed by atoms with Crippen LogP contribution >= 0.6 is 11.6 Å². The van der Waals surface area contributed by atoms with Gasteiger partial charge in [-0.1, -0.05) is 41.9 Å². The summed E-state index contributed by atoms with van der Waals surface area (Å²) in [5.74, 6) is 0.237. The molecule has 0 amide bonds. The van der Waals surface area contributed by atoms with Crippen molar-refractivity contribution in [2.45, 2.75) is 38.8 Å². The molecule has 0 aliphatic carbocycles. The van der Waals surface area contributed by atoms with Gasteiger partial charge in [-0.15, -0.1) is 0 Å². The number of nitrogens with one attached hydrogen (secondary N) is 1. The first-order valence-corrected chi connectivity index (χ1v) is 6.43. The van der Waals surface area contributed by atoms with Crippen LogP contribution < -0.4 is 11.1 Å². The number of rotatable bonds is 6. The van der Waals surface area contributed by atoms with Crippen molar-refractivity contribution in [1.29, 1.82) is 0 Å². The van der Waals surface area contributed by atoms with Crippen LogP contribution in [-0.4, -0.2) is 17.1 Å². The van der Waals surface area contributed by atoms with Crippen LogP contribution in [0.5, 0.6) is 0 Å². The molecule has 0 heterocycles. The molecule has 1 aromatic carbocycles. The molecule has 18 heavy (non-hydrogen) atoms. The number of nitrogens with two attached hydrogens (primary N) is 1. The van der Waals surface area contributed by atoms with Crippen molar-refractivity contribution in [2.24, 2.45) is 10.9 Å². The summed E-state index contributed by atoms with van der Waals surface area (Å²) < 4.78 is 0. The Kier molecular flexibility index (Phi) is 5.95.